The molecule has 0 radical (unpaired) electrons. The summed E-state index contributed by atoms with van der Waals surface area (Å²) in [4.78, 5) is 31.2. The molecule has 1 unspecified atom stereocenters. The fraction of sp³-hybridized carbons (Fsp3) is 0.300. The van der Waals surface area contributed by atoms with Crippen molar-refractivity contribution in [3.63, 3.8) is 0 Å². The van der Waals surface area contributed by atoms with E-state index in [2.05, 4.69) is 15.5 Å². The highest BCUT2D eigenvalue weighted by atomic mass is 16.5. The number of carbonyl (C=O) groups is 2. The summed E-state index contributed by atoms with van der Waals surface area (Å²) in [7, 11) is 0. The van der Waals surface area contributed by atoms with Crippen LogP contribution in [0.4, 0.5) is 0 Å². The second-order valence-corrected chi connectivity index (χ2v) is 6.79. The van der Waals surface area contributed by atoms with Crippen LogP contribution in [0, 0.1) is 6.92 Å². The van der Waals surface area contributed by atoms with Gasteiger partial charge in [0.15, 0.2) is 5.82 Å². The number of hydrogen-bond acceptors (Lipinski definition) is 6. The van der Waals surface area contributed by atoms with Gasteiger partial charge < -0.3 is 19.8 Å². The minimum Gasteiger partial charge on any atom is -0.506 e. The summed E-state index contributed by atoms with van der Waals surface area (Å²) in [5, 5.41) is 18.5. The van der Waals surface area contributed by atoms with Crippen molar-refractivity contribution in [1.29, 1.82) is 0 Å². The molecule has 1 aliphatic heterocycles. The van der Waals surface area contributed by atoms with E-state index in [-0.39, 0.29) is 29.7 Å². The Morgan fingerprint density at radius 3 is 2.89 bits per heavy atom. The van der Waals surface area contributed by atoms with Crippen molar-refractivity contribution in [3.8, 4) is 5.75 Å². The number of nitrogens with one attached hydrogen (secondary N) is 1. The van der Waals surface area contributed by atoms with Gasteiger partial charge in [-0.15, -0.1) is 0 Å². The van der Waals surface area contributed by atoms with Crippen molar-refractivity contribution >= 4 is 22.6 Å². The van der Waals surface area contributed by atoms with Gasteiger partial charge in [-0.2, -0.15) is 4.98 Å². The molecule has 8 heteroatoms. The molecule has 0 bridgehead atoms. The number of aryl methyl sites for hydroxylation is 1. The molecule has 1 saturated heterocycles. The quantitative estimate of drug-likeness (QED) is 0.718. The molecule has 0 saturated carbocycles. The normalized spacial score (nSPS) is 16.5. The van der Waals surface area contributed by atoms with Crippen molar-refractivity contribution in [1.82, 2.24) is 20.4 Å². The summed E-state index contributed by atoms with van der Waals surface area (Å²) in [6.45, 7) is 2.27. The van der Waals surface area contributed by atoms with Crippen LogP contribution in [0.1, 0.15) is 34.9 Å². The first-order valence-corrected chi connectivity index (χ1v) is 9.13. The SMILES string of the molecule is Cc1nc(CNC(=O)C2CCCN2C(=O)c2ccc3ccccc3c2O)no1. The van der Waals surface area contributed by atoms with Gasteiger partial charge in [0.05, 0.1) is 12.1 Å². The molecule has 144 valence electrons. The van der Waals surface area contributed by atoms with Crippen LogP contribution in [-0.2, 0) is 11.3 Å². The Morgan fingerprint density at radius 2 is 2.11 bits per heavy atom. The third kappa shape index (κ3) is 3.28. The van der Waals surface area contributed by atoms with Gasteiger partial charge in [-0.05, 0) is 24.3 Å². The Balaban J connectivity index is 1.52. The van der Waals surface area contributed by atoms with Crippen molar-refractivity contribution in [2.24, 2.45) is 0 Å². The van der Waals surface area contributed by atoms with Crippen LogP contribution in [0.25, 0.3) is 10.8 Å². The zero-order valence-corrected chi connectivity index (χ0v) is 15.4. The molecule has 2 amide bonds. The monoisotopic (exact) mass is 380 g/mol. The number of aromatic hydroxyl groups is 1. The van der Waals surface area contributed by atoms with Gasteiger partial charge in [0.1, 0.15) is 11.8 Å². The third-order valence-corrected chi connectivity index (χ3v) is 4.94. The topological polar surface area (TPSA) is 109 Å². The highest BCUT2D eigenvalue weighted by molar-refractivity contribution is 6.05. The predicted molar refractivity (Wildman–Crippen MR) is 101 cm³/mol. The number of hydrogen-bond donors (Lipinski definition) is 2. The maximum Gasteiger partial charge on any atom is 0.258 e. The van der Waals surface area contributed by atoms with E-state index >= 15 is 0 Å². The zero-order chi connectivity index (χ0) is 19.7. The highest BCUT2D eigenvalue weighted by Gasteiger charge is 2.35. The standard InChI is InChI=1S/C20H20N4O4/c1-12-22-17(23-28-12)11-21-19(26)16-7-4-10-24(16)20(27)15-9-8-13-5-2-3-6-14(13)18(15)25/h2-3,5-6,8-9,16,25H,4,7,10-11H2,1H3,(H,21,26). The molecule has 8 nitrogen and oxygen atoms in total. The lowest BCUT2D eigenvalue weighted by Gasteiger charge is -2.24. The minimum absolute atomic E-state index is 0.0589. The smallest absolute Gasteiger partial charge is 0.258 e. The van der Waals surface area contributed by atoms with Gasteiger partial charge in [-0.3, -0.25) is 9.59 Å². The molecule has 0 aliphatic carbocycles. The third-order valence-electron chi connectivity index (χ3n) is 4.94. The molecule has 1 aromatic heterocycles. The maximum atomic E-state index is 13.1. The largest absolute Gasteiger partial charge is 0.506 e. The van der Waals surface area contributed by atoms with Crippen molar-refractivity contribution in [3.05, 3.63) is 53.7 Å². The molecule has 1 aliphatic rings. The molecule has 28 heavy (non-hydrogen) atoms. The molecule has 0 spiro atoms. The lowest BCUT2D eigenvalue weighted by Crippen LogP contribution is -2.45. The van der Waals surface area contributed by atoms with Crippen molar-refractivity contribution in [2.75, 3.05) is 6.54 Å². The first-order valence-electron chi connectivity index (χ1n) is 9.13. The molecule has 2 heterocycles. The summed E-state index contributed by atoms with van der Waals surface area (Å²) < 4.78 is 4.88. The van der Waals surface area contributed by atoms with Crippen molar-refractivity contribution < 1.29 is 19.2 Å². The summed E-state index contributed by atoms with van der Waals surface area (Å²) in [6.07, 6.45) is 1.29. The average molecular weight is 380 g/mol. The number of amides is 2. The number of rotatable bonds is 4. The number of aromatic nitrogens is 2. The lowest BCUT2D eigenvalue weighted by molar-refractivity contribution is -0.125. The minimum atomic E-state index is -0.591. The van der Waals surface area contributed by atoms with Crippen LogP contribution in [-0.4, -0.2) is 44.5 Å². The number of carbonyl (C=O) groups excluding carboxylic acids is 2. The Labute approximate surface area is 161 Å². The van der Waals surface area contributed by atoms with Crippen molar-refractivity contribution in [2.45, 2.75) is 32.4 Å². The number of nitrogens with zero attached hydrogens (tertiary/aromatic N) is 3. The van der Waals surface area contributed by atoms with E-state index in [0.29, 0.717) is 30.1 Å². The van der Waals surface area contributed by atoms with Gasteiger partial charge >= 0.3 is 0 Å². The summed E-state index contributed by atoms with van der Waals surface area (Å²) >= 11 is 0. The fourth-order valence-electron chi connectivity index (χ4n) is 3.56. The van der Waals surface area contributed by atoms with Crippen LogP contribution in [0.3, 0.4) is 0 Å². The molecule has 1 atom stereocenters. The van der Waals surface area contributed by atoms with Gasteiger partial charge in [-0.25, -0.2) is 0 Å². The van der Waals surface area contributed by atoms with E-state index in [4.69, 9.17) is 4.52 Å². The summed E-state index contributed by atoms with van der Waals surface area (Å²) in [6, 6.07) is 10.1. The molecule has 4 rings (SSSR count). The number of benzene rings is 2. The second-order valence-electron chi connectivity index (χ2n) is 6.79. The Kier molecular flexibility index (Phi) is 4.68. The second kappa shape index (κ2) is 7.30. The fourth-order valence-corrected chi connectivity index (χ4v) is 3.56. The van der Waals surface area contributed by atoms with E-state index < -0.39 is 6.04 Å². The van der Waals surface area contributed by atoms with Gasteiger partial charge in [0.2, 0.25) is 11.8 Å². The summed E-state index contributed by atoms with van der Waals surface area (Å²) in [5.41, 5.74) is 0.201. The molecule has 1 fully saturated rings. The van der Waals surface area contributed by atoms with E-state index in [9.17, 15) is 14.7 Å². The molecule has 3 aromatic rings. The number of phenols is 1. The first-order chi connectivity index (χ1) is 13.5. The Hall–Kier alpha value is -3.42. The first kappa shape index (κ1) is 18.0. The Morgan fingerprint density at radius 1 is 1.29 bits per heavy atom. The van der Waals surface area contributed by atoms with E-state index in [0.717, 1.165) is 11.8 Å². The molecule has 2 N–H and O–H groups in total. The van der Waals surface area contributed by atoms with E-state index in [1.807, 2.05) is 18.2 Å². The number of likely N-dealkylation sites (tertiary alicyclic amines) is 1. The van der Waals surface area contributed by atoms with Gasteiger partial charge in [0, 0.05) is 18.9 Å². The van der Waals surface area contributed by atoms with E-state index in [1.165, 1.54) is 4.90 Å². The van der Waals surface area contributed by atoms with Gasteiger partial charge in [0.25, 0.3) is 5.91 Å². The van der Waals surface area contributed by atoms with Crippen LogP contribution in [0.2, 0.25) is 0 Å². The van der Waals surface area contributed by atoms with Crippen LogP contribution in [0.5, 0.6) is 5.75 Å². The molecule has 2 aromatic carbocycles. The molecular formula is C20H20N4O4. The highest BCUT2D eigenvalue weighted by Crippen LogP contribution is 2.31. The lowest BCUT2D eigenvalue weighted by atomic mass is 10.0. The van der Waals surface area contributed by atoms with Gasteiger partial charge in [-0.1, -0.05) is 35.5 Å². The number of phenolic OH excluding ortho intramolecular Hbond substituents is 1. The number of fused-ring (bicyclic) bond motifs is 1. The Bertz CT molecular complexity index is 1050. The predicted octanol–water partition coefficient (Wildman–Crippen LogP) is 2.16. The molecular weight excluding hydrogens is 360 g/mol. The van der Waals surface area contributed by atoms with Crippen LogP contribution in [0.15, 0.2) is 40.9 Å². The summed E-state index contributed by atoms with van der Waals surface area (Å²) in [5.74, 6) is 0.129. The van der Waals surface area contributed by atoms with Crippen LogP contribution < -0.4 is 5.32 Å². The zero-order valence-electron chi connectivity index (χ0n) is 15.4. The maximum absolute atomic E-state index is 13.1. The average Bonchev–Trinajstić information content (AvgIpc) is 3.35. The van der Waals surface area contributed by atoms with Crippen LogP contribution >= 0.6 is 0 Å². The van der Waals surface area contributed by atoms with E-state index in [1.54, 1.807) is 25.1 Å².